The molecule has 24 heavy (non-hydrogen) atoms. The zero-order valence-electron chi connectivity index (χ0n) is 15.5. The summed E-state index contributed by atoms with van der Waals surface area (Å²) in [4.78, 5) is 25.6. The SMILES string of the molecule is C=C/C=C(\C)C1[C@@H](C)/C=C/C(OC(C)=O)CCCCCC(=O)N1C. The molecule has 0 aromatic rings. The molecule has 0 saturated carbocycles. The molecule has 4 heteroatoms. The lowest BCUT2D eigenvalue weighted by molar-refractivity contribution is -0.144. The van der Waals surface area contributed by atoms with Gasteiger partial charge in [-0.3, -0.25) is 9.59 Å². The molecular weight excluding hydrogens is 302 g/mol. The molecular formula is C20H31NO3. The van der Waals surface area contributed by atoms with Crippen LogP contribution in [0, 0.1) is 5.92 Å². The average Bonchev–Trinajstić information content (AvgIpc) is 2.50. The van der Waals surface area contributed by atoms with Crippen molar-refractivity contribution in [3.8, 4) is 0 Å². The summed E-state index contributed by atoms with van der Waals surface area (Å²) in [7, 11) is 1.87. The Morgan fingerprint density at radius 3 is 2.62 bits per heavy atom. The fourth-order valence-electron chi connectivity index (χ4n) is 3.30. The van der Waals surface area contributed by atoms with E-state index in [2.05, 4.69) is 19.6 Å². The zero-order chi connectivity index (χ0) is 18.1. The van der Waals surface area contributed by atoms with Crippen LogP contribution in [0.25, 0.3) is 0 Å². The Hall–Kier alpha value is -1.84. The first-order valence-corrected chi connectivity index (χ1v) is 8.77. The minimum atomic E-state index is -0.254. The Balaban J connectivity index is 3.08. The molecule has 0 spiro atoms. The number of allylic oxidation sites excluding steroid dienone is 2. The smallest absolute Gasteiger partial charge is 0.303 e. The first-order valence-electron chi connectivity index (χ1n) is 8.77. The predicted octanol–water partition coefficient (Wildman–Crippen LogP) is 4.03. The van der Waals surface area contributed by atoms with Gasteiger partial charge in [0.05, 0.1) is 6.04 Å². The molecule has 134 valence electrons. The summed E-state index contributed by atoms with van der Waals surface area (Å²) in [5.41, 5.74) is 1.10. The molecule has 1 aliphatic heterocycles. The highest BCUT2D eigenvalue weighted by molar-refractivity contribution is 5.76. The number of rotatable bonds is 3. The quantitative estimate of drug-likeness (QED) is 0.445. The highest BCUT2D eigenvalue weighted by Crippen LogP contribution is 2.23. The Kier molecular flexibility index (Phi) is 8.51. The van der Waals surface area contributed by atoms with Crippen LogP contribution in [0.4, 0.5) is 0 Å². The van der Waals surface area contributed by atoms with E-state index in [1.54, 1.807) is 6.08 Å². The number of amides is 1. The van der Waals surface area contributed by atoms with Crippen molar-refractivity contribution >= 4 is 11.9 Å². The van der Waals surface area contributed by atoms with Crippen LogP contribution < -0.4 is 0 Å². The van der Waals surface area contributed by atoms with E-state index in [1.165, 1.54) is 6.92 Å². The minimum absolute atomic E-state index is 0.0239. The Morgan fingerprint density at radius 1 is 1.29 bits per heavy atom. The second-order valence-corrected chi connectivity index (χ2v) is 6.59. The number of nitrogens with zero attached hydrogens (tertiary/aromatic N) is 1. The van der Waals surface area contributed by atoms with Crippen LogP contribution in [-0.4, -0.2) is 36.0 Å². The molecule has 0 aromatic carbocycles. The summed E-state index contributed by atoms with van der Waals surface area (Å²) < 4.78 is 5.40. The van der Waals surface area contributed by atoms with E-state index in [-0.39, 0.29) is 29.9 Å². The topological polar surface area (TPSA) is 46.6 Å². The molecule has 2 unspecified atom stereocenters. The van der Waals surface area contributed by atoms with Gasteiger partial charge in [-0.2, -0.15) is 0 Å². The normalized spacial score (nSPS) is 28.5. The van der Waals surface area contributed by atoms with Gasteiger partial charge in [0.1, 0.15) is 6.10 Å². The van der Waals surface area contributed by atoms with E-state index in [0.717, 1.165) is 31.3 Å². The van der Waals surface area contributed by atoms with Gasteiger partial charge in [-0.25, -0.2) is 0 Å². The molecule has 3 atom stereocenters. The monoisotopic (exact) mass is 333 g/mol. The molecule has 4 nitrogen and oxygen atoms in total. The number of carbonyl (C=O) groups is 2. The van der Waals surface area contributed by atoms with E-state index in [0.29, 0.717) is 6.42 Å². The molecule has 0 aromatic heterocycles. The van der Waals surface area contributed by atoms with Gasteiger partial charge in [-0.05, 0) is 38.2 Å². The summed E-state index contributed by atoms with van der Waals surface area (Å²) in [5.74, 6) is 0.0396. The van der Waals surface area contributed by atoms with Crippen molar-refractivity contribution in [3.63, 3.8) is 0 Å². The van der Waals surface area contributed by atoms with Crippen molar-refractivity contribution in [2.45, 2.75) is 65.0 Å². The van der Waals surface area contributed by atoms with Crippen molar-refractivity contribution in [2.24, 2.45) is 5.92 Å². The second-order valence-electron chi connectivity index (χ2n) is 6.59. The third-order valence-corrected chi connectivity index (χ3v) is 4.48. The summed E-state index contributed by atoms with van der Waals surface area (Å²) in [6.07, 6.45) is 11.7. The number of ether oxygens (including phenoxy) is 1. The van der Waals surface area contributed by atoms with Gasteiger partial charge in [0.15, 0.2) is 0 Å². The van der Waals surface area contributed by atoms with E-state index in [1.807, 2.05) is 31.0 Å². The fourth-order valence-corrected chi connectivity index (χ4v) is 3.30. The summed E-state index contributed by atoms with van der Waals surface area (Å²) in [6.45, 7) is 9.31. The third kappa shape index (κ3) is 6.34. The summed E-state index contributed by atoms with van der Waals surface area (Å²) in [6, 6.07) is -0.0239. The van der Waals surface area contributed by atoms with Gasteiger partial charge in [0.2, 0.25) is 5.91 Å². The van der Waals surface area contributed by atoms with Crippen LogP contribution in [0.3, 0.4) is 0 Å². The molecule has 1 aliphatic rings. The number of likely N-dealkylation sites (N-methyl/N-ethyl adjacent to an activating group) is 1. The van der Waals surface area contributed by atoms with E-state index in [4.69, 9.17) is 4.74 Å². The Labute approximate surface area is 146 Å². The molecule has 1 rings (SSSR count). The largest absolute Gasteiger partial charge is 0.458 e. The number of hydrogen-bond donors (Lipinski definition) is 0. The van der Waals surface area contributed by atoms with Gasteiger partial charge in [-0.15, -0.1) is 0 Å². The molecule has 0 saturated heterocycles. The lowest BCUT2D eigenvalue weighted by atomic mass is 9.91. The van der Waals surface area contributed by atoms with Crippen molar-refractivity contribution in [1.29, 1.82) is 0 Å². The van der Waals surface area contributed by atoms with Crippen LogP contribution in [0.5, 0.6) is 0 Å². The van der Waals surface area contributed by atoms with E-state index in [9.17, 15) is 9.59 Å². The molecule has 0 radical (unpaired) electrons. The maximum absolute atomic E-state index is 12.5. The van der Waals surface area contributed by atoms with Gasteiger partial charge < -0.3 is 9.64 Å². The number of carbonyl (C=O) groups excluding carboxylic acids is 2. The summed E-state index contributed by atoms with van der Waals surface area (Å²) in [5, 5.41) is 0. The highest BCUT2D eigenvalue weighted by atomic mass is 16.5. The standard InChI is InChI=1S/C20H31NO3/c1-6-10-15(2)20-16(3)13-14-18(24-17(4)22)11-8-7-9-12-19(23)21(20)5/h6,10,13-14,16,18,20H,1,7-9,11-12H2,2-5H3/b14-13+,15-10+/t16-,18?,20?/m0/s1. The lowest BCUT2D eigenvalue weighted by Crippen LogP contribution is -2.41. The first kappa shape index (κ1) is 20.2. The molecule has 1 heterocycles. The molecule has 0 aliphatic carbocycles. The average molecular weight is 333 g/mol. The van der Waals surface area contributed by atoms with Gasteiger partial charge in [-0.1, -0.05) is 43.7 Å². The minimum Gasteiger partial charge on any atom is -0.458 e. The molecule has 0 fully saturated rings. The zero-order valence-corrected chi connectivity index (χ0v) is 15.5. The van der Waals surface area contributed by atoms with Gasteiger partial charge >= 0.3 is 5.97 Å². The number of hydrogen-bond acceptors (Lipinski definition) is 3. The Morgan fingerprint density at radius 2 is 2.00 bits per heavy atom. The van der Waals surface area contributed by atoms with Crippen molar-refractivity contribution < 1.29 is 14.3 Å². The van der Waals surface area contributed by atoms with Crippen LogP contribution in [0.2, 0.25) is 0 Å². The predicted molar refractivity (Wildman–Crippen MR) is 97.5 cm³/mol. The maximum Gasteiger partial charge on any atom is 0.303 e. The number of esters is 1. The summed E-state index contributed by atoms with van der Waals surface area (Å²) >= 11 is 0. The maximum atomic E-state index is 12.5. The van der Waals surface area contributed by atoms with Crippen molar-refractivity contribution in [3.05, 3.63) is 36.5 Å². The van der Waals surface area contributed by atoms with Gasteiger partial charge in [0, 0.05) is 20.4 Å². The molecule has 0 bridgehead atoms. The van der Waals surface area contributed by atoms with Crippen molar-refractivity contribution in [1.82, 2.24) is 4.90 Å². The van der Waals surface area contributed by atoms with Gasteiger partial charge in [0.25, 0.3) is 0 Å². The Bertz CT molecular complexity index is 507. The van der Waals surface area contributed by atoms with E-state index < -0.39 is 0 Å². The van der Waals surface area contributed by atoms with E-state index >= 15 is 0 Å². The van der Waals surface area contributed by atoms with Crippen LogP contribution >= 0.6 is 0 Å². The third-order valence-electron chi connectivity index (χ3n) is 4.48. The first-order chi connectivity index (χ1) is 11.4. The van der Waals surface area contributed by atoms with Crippen molar-refractivity contribution in [2.75, 3.05) is 7.05 Å². The lowest BCUT2D eigenvalue weighted by Gasteiger charge is -2.33. The molecule has 0 N–H and O–H groups in total. The van der Waals surface area contributed by atoms with Crippen LogP contribution in [0.15, 0.2) is 36.5 Å². The second kappa shape index (κ2) is 10.1. The van der Waals surface area contributed by atoms with Crippen LogP contribution in [-0.2, 0) is 14.3 Å². The van der Waals surface area contributed by atoms with Crippen LogP contribution in [0.1, 0.15) is 52.9 Å². The molecule has 1 amide bonds. The highest BCUT2D eigenvalue weighted by Gasteiger charge is 2.26. The fraction of sp³-hybridized carbons (Fsp3) is 0.600.